The fourth-order valence-corrected chi connectivity index (χ4v) is 2.47. The number of rotatable bonds is 2. The molecule has 0 N–H and O–H groups in total. The van der Waals surface area contributed by atoms with Crippen molar-refractivity contribution in [3.8, 4) is 5.75 Å². The fourth-order valence-electron chi connectivity index (χ4n) is 1.67. The summed E-state index contributed by atoms with van der Waals surface area (Å²) in [5.41, 5.74) is 1.42. The zero-order valence-corrected chi connectivity index (χ0v) is 10.1. The Hall–Kier alpha value is -1.56. The number of ether oxygens (including phenoxy) is 1. The Morgan fingerprint density at radius 1 is 1.38 bits per heavy atom. The summed E-state index contributed by atoms with van der Waals surface area (Å²) in [6.45, 7) is 1.83. The Kier molecular flexibility index (Phi) is 2.38. The summed E-state index contributed by atoms with van der Waals surface area (Å²) in [6, 6.07) is 3.54. The lowest BCUT2D eigenvalue weighted by molar-refractivity contribution is 0.415. The van der Waals surface area contributed by atoms with Gasteiger partial charge < -0.3 is 4.74 Å². The van der Waals surface area contributed by atoms with E-state index in [9.17, 15) is 8.42 Å². The molecule has 0 aliphatic rings. The van der Waals surface area contributed by atoms with Crippen LogP contribution in [0.2, 0.25) is 0 Å². The van der Waals surface area contributed by atoms with Crippen molar-refractivity contribution in [1.82, 2.24) is 9.19 Å². The maximum Gasteiger partial charge on any atom is 0.251 e. The first-order chi connectivity index (χ1) is 7.43. The summed E-state index contributed by atoms with van der Waals surface area (Å²) in [4.78, 5) is 0. The Morgan fingerprint density at radius 2 is 2.06 bits per heavy atom. The molecule has 0 spiro atoms. The minimum absolute atomic E-state index is 0.600. The number of hydrogen-bond acceptors (Lipinski definition) is 4. The summed E-state index contributed by atoms with van der Waals surface area (Å²) in [5, 5.41) is 4.63. The van der Waals surface area contributed by atoms with E-state index >= 15 is 0 Å². The van der Waals surface area contributed by atoms with Crippen LogP contribution >= 0.6 is 0 Å². The van der Waals surface area contributed by atoms with Gasteiger partial charge in [-0.3, -0.25) is 0 Å². The molecule has 0 bridgehead atoms. The van der Waals surface area contributed by atoms with Crippen LogP contribution in [0.3, 0.4) is 0 Å². The molecule has 0 aliphatic heterocycles. The number of nitrogens with zero attached hydrogens (tertiary/aromatic N) is 2. The van der Waals surface area contributed by atoms with Gasteiger partial charge in [-0.2, -0.15) is 9.19 Å². The van der Waals surface area contributed by atoms with E-state index in [1.165, 1.54) is 6.20 Å². The van der Waals surface area contributed by atoms with Crippen LogP contribution < -0.4 is 4.74 Å². The number of benzene rings is 1. The first-order valence-corrected chi connectivity index (χ1v) is 6.51. The first-order valence-electron chi connectivity index (χ1n) is 4.66. The standard InChI is InChI=1S/C10H12N2O3S/c1-7-4-9(15-2)5-8-6-11-12(10(7)8)16(3,13)14/h4-6H,1-3H3. The molecule has 0 aliphatic carbocycles. The molecule has 16 heavy (non-hydrogen) atoms. The minimum atomic E-state index is -3.36. The van der Waals surface area contributed by atoms with Crippen molar-refractivity contribution in [2.45, 2.75) is 6.92 Å². The van der Waals surface area contributed by atoms with Crippen molar-refractivity contribution < 1.29 is 13.2 Å². The highest BCUT2D eigenvalue weighted by atomic mass is 32.2. The smallest absolute Gasteiger partial charge is 0.251 e. The van der Waals surface area contributed by atoms with Crippen LogP contribution in [0.15, 0.2) is 18.3 Å². The van der Waals surface area contributed by atoms with Crippen molar-refractivity contribution in [3.05, 3.63) is 23.9 Å². The highest BCUT2D eigenvalue weighted by molar-refractivity contribution is 7.89. The molecule has 2 rings (SSSR count). The molecule has 0 atom stereocenters. The molecule has 6 heteroatoms. The molecule has 1 aromatic carbocycles. The molecule has 0 saturated heterocycles. The molecule has 1 aromatic heterocycles. The zero-order valence-electron chi connectivity index (χ0n) is 9.26. The van der Waals surface area contributed by atoms with Crippen molar-refractivity contribution in [3.63, 3.8) is 0 Å². The van der Waals surface area contributed by atoms with Crippen LogP contribution in [0, 0.1) is 6.92 Å². The number of fused-ring (bicyclic) bond motifs is 1. The summed E-state index contributed by atoms with van der Waals surface area (Å²) in [6.07, 6.45) is 2.65. The van der Waals surface area contributed by atoms with Crippen LogP contribution in [-0.4, -0.2) is 31.0 Å². The van der Waals surface area contributed by atoms with E-state index in [-0.39, 0.29) is 0 Å². The van der Waals surface area contributed by atoms with Crippen LogP contribution in [0.4, 0.5) is 0 Å². The molecular formula is C10H12N2O3S. The molecular weight excluding hydrogens is 228 g/mol. The summed E-state index contributed by atoms with van der Waals surface area (Å²) < 4.78 is 29.1. The van der Waals surface area contributed by atoms with Gasteiger partial charge in [-0.15, -0.1) is 0 Å². The van der Waals surface area contributed by atoms with E-state index in [2.05, 4.69) is 5.10 Å². The van der Waals surface area contributed by atoms with Crippen LogP contribution in [0.1, 0.15) is 5.56 Å². The molecule has 0 amide bonds. The predicted octanol–water partition coefficient (Wildman–Crippen LogP) is 1.16. The third-order valence-electron chi connectivity index (χ3n) is 2.35. The van der Waals surface area contributed by atoms with Crippen LogP contribution in [-0.2, 0) is 10.0 Å². The Morgan fingerprint density at radius 3 is 2.62 bits per heavy atom. The highest BCUT2D eigenvalue weighted by Crippen LogP contribution is 2.25. The van der Waals surface area contributed by atoms with Crippen LogP contribution in [0.5, 0.6) is 5.75 Å². The first kappa shape index (κ1) is 10.9. The number of methoxy groups -OCH3 is 1. The van der Waals surface area contributed by atoms with Gasteiger partial charge in [0, 0.05) is 5.39 Å². The van der Waals surface area contributed by atoms with Crippen molar-refractivity contribution in [1.29, 1.82) is 0 Å². The van der Waals surface area contributed by atoms with E-state index in [1.807, 2.05) is 6.92 Å². The molecule has 5 nitrogen and oxygen atoms in total. The Balaban J connectivity index is 2.84. The van der Waals surface area contributed by atoms with Gasteiger partial charge in [-0.05, 0) is 24.6 Å². The number of aryl methyl sites for hydroxylation is 1. The SMILES string of the molecule is COc1cc(C)c2c(cnn2S(C)(=O)=O)c1. The maximum absolute atomic E-state index is 11.5. The summed E-state index contributed by atoms with van der Waals surface area (Å²) in [7, 11) is -1.79. The van der Waals surface area contributed by atoms with Gasteiger partial charge in [0.15, 0.2) is 0 Å². The van der Waals surface area contributed by atoms with E-state index in [0.717, 1.165) is 21.3 Å². The molecule has 86 valence electrons. The van der Waals surface area contributed by atoms with E-state index in [0.29, 0.717) is 11.3 Å². The van der Waals surface area contributed by atoms with Gasteiger partial charge in [0.25, 0.3) is 10.0 Å². The quantitative estimate of drug-likeness (QED) is 0.790. The normalized spacial score (nSPS) is 11.9. The number of hydrogen-bond donors (Lipinski definition) is 0. The lowest BCUT2D eigenvalue weighted by Crippen LogP contribution is -2.11. The maximum atomic E-state index is 11.5. The van der Waals surface area contributed by atoms with Gasteiger partial charge in [-0.25, -0.2) is 8.42 Å². The monoisotopic (exact) mass is 240 g/mol. The Bertz CT molecular complexity index is 643. The van der Waals surface area contributed by atoms with Gasteiger partial charge in [0.1, 0.15) is 5.75 Å². The summed E-state index contributed by atoms with van der Waals surface area (Å²) in [5.74, 6) is 0.693. The second-order valence-electron chi connectivity index (χ2n) is 3.63. The molecule has 0 radical (unpaired) electrons. The van der Waals surface area contributed by atoms with Gasteiger partial charge in [0.2, 0.25) is 0 Å². The lowest BCUT2D eigenvalue weighted by atomic mass is 10.1. The lowest BCUT2D eigenvalue weighted by Gasteiger charge is -2.05. The predicted molar refractivity (Wildman–Crippen MR) is 61.3 cm³/mol. The van der Waals surface area contributed by atoms with Gasteiger partial charge in [0.05, 0.1) is 25.1 Å². The van der Waals surface area contributed by atoms with E-state index in [1.54, 1.807) is 19.2 Å². The molecule has 0 unspecified atom stereocenters. The third-order valence-corrected chi connectivity index (χ3v) is 3.25. The van der Waals surface area contributed by atoms with Crippen molar-refractivity contribution >= 4 is 20.9 Å². The van der Waals surface area contributed by atoms with Crippen molar-refractivity contribution in [2.24, 2.45) is 0 Å². The highest BCUT2D eigenvalue weighted by Gasteiger charge is 2.14. The van der Waals surface area contributed by atoms with Gasteiger partial charge in [-0.1, -0.05) is 0 Å². The number of aromatic nitrogens is 2. The van der Waals surface area contributed by atoms with Crippen molar-refractivity contribution in [2.75, 3.05) is 13.4 Å². The second kappa shape index (κ2) is 3.48. The topological polar surface area (TPSA) is 61.2 Å². The minimum Gasteiger partial charge on any atom is -0.497 e. The second-order valence-corrected chi connectivity index (χ2v) is 5.44. The average Bonchev–Trinajstić information content (AvgIpc) is 2.60. The third kappa shape index (κ3) is 1.65. The van der Waals surface area contributed by atoms with E-state index < -0.39 is 10.0 Å². The Labute approximate surface area is 93.7 Å². The van der Waals surface area contributed by atoms with Gasteiger partial charge >= 0.3 is 0 Å². The van der Waals surface area contributed by atoms with Crippen LogP contribution in [0.25, 0.3) is 10.9 Å². The fraction of sp³-hybridized carbons (Fsp3) is 0.300. The molecule has 0 saturated carbocycles. The molecule has 0 fully saturated rings. The average molecular weight is 240 g/mol. The van der Waals surface area contributed by atoms with E-state index in [4.69, 9.17) is 4.74 Å². The summed E-state index contributed by atoms with van der Waals surface area (Å²) >= 11 is 0. The molecule has 2 aromatic rings. The largest absolute Gasteiger partial charge is 0.497 e. The zero-order chi connectivity index (χ0) is 11.9. The molecule has 1 heterocycles.